The third kappa shape index (κ3) is 4.64. The molecule has 1 aliphatic heterocycles. The first kappa shape index (κ1) is 20.8. The number of nitrogens with one attached hydrogen (secondary N) is 2. The second kappa shape index (κ2) is 9.12. The minimum Gasteiger partial charge on any atom is -0.352 e. The lowest BCUT2D eigenvalue weighted by atomic mass is 10.0. The van der Waals surface area contributed by atoms with Crippen molar-refractivity contribution < 1.29 is 4.79 Å². The van der Waals surface area contributed by atoms with Gasteiger partial charge in [-0.05, 0) is 55.5 Å². The number of anilines is 1. The second-order valence-electron chi connectivity index (χ2n) is 7.13. The molecule has 1 aromatic carbocycles. The van der Waals surface area contributed by atoms with E-state index >= 15 is 0 Å². The zero-order valence-electron chi connectivity index (χ0n) is 16.3. The van der Waals surface area contributed by atoms with Gasteiger partial charge in [-0.3, -0.25) is 9.78 Å². The summed E-state index contributed by atoms with van der Waals surface area (Å²) in [5, 5.41) is 6.95. The second-order valence-corrected chi connectivity index (χ2v) is 9.26. The van der Waals surface area contributed by atoms with Crippen LogP contribution in [0.25, 0.3) is 0 Å². The fourth-order valence-electron chi connectivity index (χ4n) is 3.52. The highest BCUT2D eigenvalue weighted by Gasteiger charge is 2.40. The predicted octanol–water partition coefficient (Wildman–Crippen LogP) is 5.11. The van der Waals surface area contributed by atoms with E-state index in [9.17, 15) is 4.79 Å². The summed E-state index contributed by atoms with van der Waals surface area (Å²) in [6, 6.07) is 17.3. The van der Waals surface area contributed by atoms with Crippen molar-refractivity contribution in [1.29, 1.82) is 0 Å². The topological polar surface area (TPSA) is 57.3 Å². The van der Waals surface area contributed by atoms with Crippen LogP contribution in [0, 0.1) is 6.92 Å². The van der Waals surface area contributed by atoms with E-state index in [1.165, 1.54) is 11.3 Å². The van der Waals surface area contributed by atoms with Gasteiger partial charge in [0, 0.05) is 29.7 Å². The van der Waals surface area contributed by atoms with Crippen LogP contribution in [0.2, 0.25) is 4.34 Å². The first-order chi connectivity index (χ1) is 14.5. The molecule has 1 aliphatic rings. The Kier molecular flexibility index (Phi) is 6.32. The smallest absolute Gasteiger partial charge is 0.226 e. The molecule has 0 bridgehead atoms. The van der Waals surface area contributed by atoms with Crippen LogP contribution in [0.4, 0.5) is 5.69 Å². The van der Waals surface area contributed by atoms with Crippen LogP contribution in [0.15, 0.2) is 60.8 Å². The summed E-state index contributed by atoms with van der Waals surface area (Å²) in [4.78, 5) is 20.2. The van der Waals surface area contributed by atoms with Crippen molar-refractivity contribution in [2.24, 2.45) is 0 Å². The number of hydrogen-bond donors (Lipinski definition) is 2. The molecule has 2 atom stereocenters. The number of amides is 1. The quantitative estimate of drug-likeness (QED) is 0.505. The maximum atomic E-state index is 12.5. The third-order valence-electron chi connectivity index (χ3n) is 5.00. The molecule has 3 aromatic rings. The van der Waals surface area contributed by atoms with Crippen molar-refractivity contribution in [2.45, 2.75) is 25.4 Å². The summed E-state index contributed by atoms with van der Waals surface area (Å²) >= 11 is 13.4. The van der Waals surface area contributed by atoms with Crippen molar-refractivity contribution >= 4 is 51.9 Å². The number of nitrogens with zero attached hydrogens (tertiary/aromatic N) is 2. The minimum absolute atomic E-state index is 0.0501. The highest BCUT2D eigenvalue weighted by atomic mass is 35.5. The lowest BCUT2D eigenvalue weighted by Gasteiger charge is -2.26. The highest BCUT2D eigenvalue weighted by molar-refractivity contribution is 7.80. The minimum atomic E-state index is -0.103. The molecule has 8 heteroatoms. The van der Waals surface area contributed by atoms with E-state index in [4.69, 9.17) is 23.8 Å². The molecule has 154 valence electrons. The first-order valence-corrected chi connectivity index (χ1v) is 11.2. The summed E-state index contributed by atoms with van der Waals surface area (Å²) in [6.45, 7) is 2.51. The summed E-state index contributed by atoms with van der Waals surface area (Å²) in [5.41, 5.74) is 2.85. The Morgan fingerprint density at radius 1 is 1.23 bits per heavy atom. The molecule has 2 N–H and O–H groups in total. The molecule has 4 rings (SSSR count). The number of halogens is 1. The maximum Gasteiger partial charge on any atom is 0.226 e. The summed E-state index contributed by atoms with van der Waals surface area (Å²) in [7, 11) is 0. The molecular formula is C22H21ClN4OS2. The lowest BCUT2D eigenvalue weighted by Crippen LogP contribution is -2.32. The van der Waals surface area contributed by atoms with Gasteiger partial charge < -0.3 is 15.5 Å². The average molecular weight is 457 g/mol. The van der Waals surface area contributed by atoms with Gasteiger partial charge in [-0.15, -0.1) is 11.3 Å². The molecule has 3 heterocycles. The van der Waals surface area contributed by atoms with E-state index in [2.05, 4.69) is 20.5 Å². The number of carbonyl (C=O) groups is 1. The third-order valence-corrected chi connectivity index (χ3v) is 6.65. The molecule has 0 spiro atoms. The van der Waals surface area contributed by atoms with Gasteiger partial charge in [0.15, 0.2) is 5.11 Å². The molecule has 0 unspecified atom stereocenters. The van der Waals surface area contributed by atoms with E-state index in [1.807, 2.05) is 61.5 Å². The van der Waals surface area contributed by atoms with Crippen LogP contribution in [-0.2, 0) is 4.79 Å². The fourth-order valence-corrected chi connectivity index (χ4v) is 5.07. The van der Waals surface area contributed by atoms with E-state index in [0.29, 0.717) is 18.1 Å². The Hall–Kier alpha value is -2.48. The van der Waals surface area contributed by atoms with Gasteiger partial charge in [-0.25, -0.2) is 0 Å². The monoisotopic (exact) mass is 456 g/mol. The van der Waals surface area contributed by atoms with Crippen LogP contribution >= 0.6 is 35.2 Å². The molecule has 0 saturated carbocycles. The SMILES string of the molecule is Cc1ccc(NC(=O)CCN2C(=S)N[C@@H](c3ccccn3)[C@@H]2c2ccc(Cl)s2)cc1. The Labute approximate surface area is 190 Å². The molecule has 0 aliphatic carbocycles. The van der Waals surface area contributed by atoms with E-state index < -0.39 is 0 Å². The number of aromatic nitrogens is 1. The van der Waals surface area contributed by atoms with E-state index in [0.717, 1.165) is 26.2 Å². The zero-order chi connectivity index (χ0) is 21.1. The van der Waals surface area contributed by atoms with Crippen LogP contribution in [0.1, 0.15) is 34.6 Å². The van der Waals surface area contributed by atoms with Crippen LogP contribution in [0.5, 0.6) is 0 Å². The number of carbonyl (C=O) groups excluding carboxylic acids is 1. The largest absolute Gasteiger partial charge is 0.352 e. The molecule has 0 radical (unpaired) electrons. The maximum absolute atomic E-state index is 12.5. The van der Waals surface area contributed by atoms with Crippen molar-refractivity contribution in [3.8, 4) is 0 Å². The number of aryl methyl sites for hydroxylation is 1. The Morgan fingerprint density at radius 3 is 2.70 bits per heavy atom. The number of benzene rings is 1. The van der Waals surface area contributed by atoms with E-state index in [1.54, 1.807) is 6.20 Å². The number of rotatable bonds is 6. The Morgan fingerprint density at radius 2 is 2.03 bits per heavy atom. The van der Waals surface area contributed by atoms with Gasteiger partial charge >= 0.3 is 0 Å². The summed E-state index contributed by atoms with van der Waals surface area (Å²) < 4.78 is 0.722. The molecule has 5 nitrogen and oxygen atoms in total. The number of hydrogen-bond acceptors (Lipinski definition) is 4. The van der Waals surface area contributed by atoms with Gasteiger partial charge in [0.25, 0.3) is 0 Å². The van der Waals surface area contributed by atoms with Crippen LogP contribution in [-0.4, -0.2) is 27.4 Å². The number of thiophene rings is 1. The lowest BCUT2D eigenvalue weighted by molar-refractivity contribution is -0.116. The van der Waals surface area contributed by atoms with Gasteiger partial charge in [0.05, 0.1) is 22.1 Å². The zero-order valence-corrected chi connectivity index (χ0v) is 18.7. The van der Waals surface area contributed by atoms with Gasteiger partial charge in [-0.1, -0.05) is 35.4 Å². The molecule has 1 fully saturated rings. The number of pyridine rings is 1. The van der Waals surface area contributed by atoms with Gasteiger partial charge in [0.1, 0.15) is 0 Å². The normalized spacial score (nSPS) is 18.3. The summed E-state index contributed by atoms with van der Waals surface area (Å²) in [5.74, 6) is -0.0501. The molecule has 30 heavy (non-hydrogen) atoms. The fraction of sp³-hybridized carbons (Fsp3) is 0.227. The Bertz CT molecular complexity index is 1040. The molecule has 1 amide bonds. The highest BCUT2D eigenvalue weighted by Crippen LogP contribution is 2.42. The van der Waals surface area contributed by atoms with Crippen molar-refractivity contribution in [3.63, 3.8) is 0 Å². The standard InChI is InChI=1S/C22H21ClN4OS2/c1-14-5-7-15(8-6-14)25-19(28)11-13-27-21(17-9-10-18(23)30-17)20(26-22(27)29)16-4-2-3-12-24-16/h2-10,12,20-21H,11,13H2,1H3,(H,25,28)(H,26,29)/t20-,21-/m0/s1. The Balaban J connectivity index is 1.51. The molecule has 1 saturated heterocycles. The van der Waals surface area contributed by atoms with Crippen molar-refractivity contribution in [2.75, 3.05) is 11.9 Å². The van der Waals surface area contributed by atoms with Crippen LogP contribution in [0.3, 0.4) is 0 Å². The van der Waals surface area contributed by atoms with E-state index in [-0.39, 0.29) is 18.0 Å². The van der Waals surface area contributed by atoms with Crippen molar-refractivity contribution in [1.82, 2.24) is 15.2 Å². The van der Waals surface area contributed by atoms with Crippen molar-refractivity contribution in [3.05, 3.63) is 81.3 Å². The van der Waals surface area contributed by atoms with Gasteiger partial charge in [0.2, 0.25) is 5.91 Å². The molecule has 2 aromatic heterocycles. The number of thiocarbonyl (C=S) groups is 1. The van der Waals surface area contributed by atoms with Gasteiger partial charge in [-0.2, -0.15) is 0 Å². The molecular weight excluding hydrogens is 436 g/mol. The summed E-state index contributed by atoms with van der Waals surface area (Å²) in [6.07, 6.45) is 2.09. The van der Waals surface area contributed by atoms with Crippen LogP contribution < -0.4 is 10.6 Å². The average Bonchev–Trinajstić information content (AvgIpc) is 3.31. The first-order valence-electron chi connectivity index (χ1n) is 9.61. The predicted molar refractivity (Wildman–Crippen MR) is 126 cm³/mol.